The zero-order valence-corrected chi connectivity index (χ0v) is 21.0. The maximum absolute atomic E-state index is 13.1. The van der Waals surface area contributed by atoms with Gasteiger partial charge in [-0.3, -0.25) is 24.1 Å². The molecule has 1 aromatic heterocycles. The zero-order valence-electron chi connectivity index (χ0n) is 20.2. The third-order valence-corrected chi connectivity index (χ3v) is 6.80. The number of para-hydroxylation sites is 1. The van der Waals surface area contributed by atoms with Gasteiger partial charge in [-0.15, -0.1) is 0 Å². The molecule has 0 unspecified atom stereocenters. The van der Waals surface area contributed by atoms with E-state index in [1.807, 2.05) is 35.9 Å². The standard InChI is InChI=1S/C27H27N3O5S/c1-3-18-10-7-11-21-20(15-29(25(18)21)17-24(32)28-12-13-35-2)14-23-26(33)30(27(34)36-23)16-22(31)19-8-5-4-6-9-19/h4-11,14-15H,3,12-13,16-17H2,1-2H3,(H,28,32)/b23-14-. The molecule has 2 heterocycles. The molecule has 1 saturated heterocycles. The van der Waals surface area contributed by atoms with Crippen LogP contribution in [0.5, 0.6) is 0 Å². The van der Waals surface area contributed by atoms with E-state index in [4.69, 9.17) is 4.74 Å². The lowest BCUT2D eigenvalue weighted by Crippen LogP contribution is -2.33. The van der Waals surface area contributed by atoms with Crippen molar-refractivity contribution in [2.24, 2.45) is 0 Å². The molecular formula is C27H27N3O5S. The highest BCUT2D eigenvalue weighted by Gasteiger charge is 2.36. The second-order valence-corrected chi connectivity index (χ2v) is 9.27. The number of thioether (sulfide) groups is 1. The maximum atomic E-state index is 13.1. The lowest BCUT2D eigenvalue weighted by atomic mass is 10.1. The van der Waals surface area contributed by atoms with E-state index in [1.165, 1.54) is 0 Å². The Morgan fingerprint density at radius 3 is 2.56 bits per heavy atom. The number of methoxy groups -OCH3 is 1. The molecule has 0 aliphatic carbocycles. The second-order valence-electron chi connectivity index (χ2n) is 8.28. The molecule has 36 heavy (non-hydrogen) atoms. The second kappa shape index (κ2) is 11.4. The number of nitrogens with zero attached hydrogens (tertiary/aromatic N) is 2. The number of nitrogens with one attached hydrogen (secondary N) is 1. The molecule has 1 aliphatic heterocycles. The number of ketones is 1. The van der Waals surface area contributed by atoms with Crippen LogP contribution in [0.25, 0.3) is 17.0 Å². The lowest BCUT2D eigenvalue weighted by Gasteiger charge is -2.11. The number of hydrogen-bond donors (Lipinski definition) is 1. The summed E-state index contributed by atoms with van der Waals surface area (Å²) < 4.78 is 6.85. The van der Waals surface area contributed by atoms with Crippen LogP contribution in [0.1, 0.15) is 28.4 Å². The molecule has 3 aromatic rings. The third kappa shape index (κ3) is 5.42. The van der Waals surface area contributed by atoms with E-state index >= 15 is 0 Å². The minimum atomic E-state index is -0.501. The van der Waals surface area contributed by atoms with Gasteiger partial charge in [0.25, 0.3) is 11.1 Å². The molecule has 1 fully saturated rings. The molecule has 4 rings (SSSR count). The van der Waals surface area contributed by atoms with Gasteiger partial charge in [0.15, 0.2) is 5.78 Å². The van der Waals surface area contributed by atoms with Crippen LogP contribution in [-0.4, -0.2) is 59.1 Å². The molecule has 8 nitrogen and oxygen atoms in total. The number of aryl methyl sites for hydroxylation is 1. The Hall–Kier alpha value is -3.69. The van der Waals surface area contributed by atoms with Gasteiger partial charge in [-0.2, -0.15) is 0 Å². The van der Waals surface area contributed by atoms with Crippen molar-refractivity contribution in [2.45, 2.75) is 19.9 Å². The number of rotatable bonds is 10. The molecule has 2 aromatic carbocycles. The number of amides is 3. The van der Waals surface area contributed by atoms with Crippen LogP contribution < -0.4 is 5.32 Å². The summed E-state index contributed by atoms with van der Waals surface area (Å²) in [5.74, 6) is -0.955. The fourth-order valence-electron chi connectivity index (χ4n) is 4.13. The van der Waals surface area contributed by atoms with Crippen LogP contribution in [0, 0.1) is 0 Å². The van der Waals surface area contributed by atoms with Crippen molar-refractivity contribution >= 4 is 51.6 Å². The zero-order chi connectivity index (χ0) is 25.7. The van der Waals surface area contributed by atoms with Gasteiger partial charge >= 0.3 is 0 Å². The summed E-state index contributed by atoms with van der Waals surface area (Å²) in [6.45, 7) is 2.68. The van der Waals surface area contributed by atoms with Crippen molar-refractivity contribution in [1.29, 1.82) is 0 Å². The van der Waals surface area contributed by atoms with Crippen molar-refractivity contribution in [2.75, 3.05) is 26.8 Å². The normalized spacial score (nSPS) is 14.7. The van der Waals surface area contributed by atoms with Crippen molar-refractivity contribution in [3.63, 3.8) is 0 Å². The van der Waals surface area contributed by atoms with Crippen molar-refractivity contribution < 1.29 is 23.9 Å². The quantitative estimate of drug-likeness (QED) is 0.255. The molecule has 0 radical (unpaired) electrons. The molecular weight excluding hydrogens is 478 g/mol. The van der Waals surface area contributed by atoms with Gasteiger partial charge in [-0.05, 0) is 29.8 Å². The Bertz CT molecular complexity index is 1350. The maximum Gasteiger partial charge on any atom is 0.293 e. The average molecular weight is 506 g/mol. The first-order chi connectivity index (χ1) is 17.4. The minimum absolute atomic E-state index is 0.109. The number of benzene rings is 2. The topological polar surface area (TPSA) is 97.7 Å². The van der Waals surface area contributed by atoms with Crippen molar-refractivity contribution in [1.82, 2.24) is 14.8 Å². The highest BCUT2D eigenvalue weighted by Crippen LogP contribution is 2.35. The first-order valence-electron chi connectivity index (χ1n) is 11.6. The molecule has 0 atom stereocenters. The van der Waals surface area contributed by atoms with Gasteiger partial charge in [0.1, 0.15) is 6.54 Å². The number of carbonyl (C=O) groups excluding carboxylic acids is 4. The van der Waals surface area contributed by atoms with E-state index in [0.29, 0.717) is 18.7 Å². The van der Waals surface area contributed by atoms with Gasteiger partial charge in [0.05, 0.1) is 23.6 Å². The van der Waals surface area contributed by atoms with Gasteiger partial charge in [0.2, 0.25) is 5.91 Å². The first-order valence-corrected chi connectivity index (χ1v) is 12.4. The molecule has 3 amide bonds. The average Bonchev–Trinajstić information content (AvgIpc) is 3.36. The lowest BCUT2D eigenvalue weighted by molar-refractivity contribution is -0.123. The van der Waals surface area contributed by atoms with Crippen LogP contribution in [-0.2, 0) is 27.3 Å². The summed E-state index contributed by atoms with van der Waals surface area (Å²) in [5, 5.41) is 3.23. The summed E-state index contributed by atoms with van der Waals surface area (Å²) >= 11 is 0.813. The van der Waals surface area contributed by atoms with Crippen LogP contribution in [0.15, 0.2) is 59.6 Å². The van der Waals surface area contributed by atoms with Crippen LogP contribution in [0.4, 0.5) is 4.79 Å². The Morgan fingerprint density at radius 2 is 1.83 bits per heavy atom. The summed E-state index contributed by atoms with van der Waals surface area (Å²) in [4.78, 5) is 52.0. The van der Waals surface area contributed by atoms with Crippen LogP contribution in [0.2, 0.25) is 0 Å². The molecule has 1 aliphatic rings. The Labute approximate surface area is 213 Å². The summed E-state index contributed by atoms with van der Waals surface area (Å²) in [5.41, 5.74) is 3.15. The Kier molecular flexibility index (Phi) is 8.02. The Morgan fingerprint density at radius 1 is 1.06 bits per heavy atom. The third-order valence-electron chi connectivity index (χ3n) is 5.89. The van der Waals surface area contributed by atoms with Gasteiger partial charge in [0, 0.05) is 36.4 Å². The molecule has 9 heteroatoms. The van der Waals surface area contributed by atoms with Gasteiger partial charge in [-0.1, -0.05) is 55.5 Å². The fraction of sp³-hybridized carbons (Fsp3) is 0.259. The predicted octanol–water partition coefficient (Wildman–Crippen LogP) is 3.89. The minimum Gasteiger partial charge on any atom is -0.383 e. The number of hydrogen-bond acceptors (Lipinski definition) is 6. The SMILES string of the molecule is CCc1cccc2c(/C=C3\SC(=O)N(CC(=O)c4ccccc4)C3=O)cn(CC(=O)NCCOC)c12. The highest BCUT2D eigenvalue weighted by atomic mass is 32.2. The number of fused-ring (bicyclic) bond motifs is 1. The van der Waals surface area contributed by atoms with Crippen LogP contribution in [0.3, 0.4) is 0 Å². The smallest absolute Gasteiger partial charge is 0.293 e. The van der Waals surface area contributed by atoms with Crippen molar-refractivity contribution in [3.05, 3.63) is 76.3 Å². The van der Waals surface area contributed by atoms with E-state index < -0.39 is 11.1 Å². The monoisotopic (exact) mass is 505 g/mol. The molecule has 0 bridgehead atoms. The van der Waals surface area contributed by atoms with Crippen molar-refractivity contribution in [3.8, 4) is 0 Å². The number of ether oxygens (including phenoxy) is 1. The summed E-state index contributed by atoms with van der Waals surface area (Å²) in [7, 11) is 1.57. The summed E-state index contributed by atoms with van der Waals surface area (Å²) in [6, 6.07) is 14.5. The van der Waals surface area contributed by atoms with E-state index in [1.54, 1.807) is 43.5 Å². The number of imide groups is 1. The molecule has 0 saturated carbocycles. The van der Waals surface area contributed by atoms with E-state index in [2.05, 4.69) is 5.32 Å². The fourth-order valence-corrected chi connectivity index (χ4v) is 4.96. The van der Waals surface area contributed by atoms with Gasteiger partial charge < -0.3 is 14.6 Å². The predicted molar refractivity (Wildman–Crippen MR) is 140 cm³/mol. The number of Topliss-reactive ketones (excluding diaryl/α,β-unsaturated/α-hetero) is 1. The Balaban J connectivity index is 1.62. The van der Waals surface area contributed by atoms with E-state index in [0.717, 1.165) is 45.1 Å². The number of aromatic nitrogens is 1. The summed E-state index contributed by atoms with van der Waals surface area (Å²) in [6.07, 6.45) is 4.26. The highest BCUT2D eigenvalue weighted by molar-refractivity contribution is 8.18. The van der Waals surface area contributed by atoms with E-state index in [9.17, 15) is 19.2 Å². The van der Waals surface area contributed by atoms with Gasteiger partial charge in [-0.25, -0.2) is 0 Å². The molecule has 0 spiro atoms. The van der Waals surface area contributed by atoms with Crippen LogP contribution >= 0.6 is 11.8 Å². The van der Waals surface area contributed by atoms with E-state index in [-0.39, 0.29) is 29.7 Å². The first kappa shape index (κ1) is 25.4. The molecule has 1 N–H and O–H groups in total. The number of carbonyl (C=O) groups is 4. The molecule has 186 valence electrons. The largest absolute Gasteiger partial charge is 0.383 e.